The van der Waals surface area contributed by atoms with Gasteiger partial charge in [0.05, 0.1) is 21.2 Å². The number of nitrogens with zero attached hydrogens (tertiary/aromatic N) is 2. The summed E-state index contributed by atoms with van der Waals surface area (Å²) in [6.45, 7) is 0. The topological polar surface area (TPSA) is 101 Å². The third kappa shape index (κ3) is 4.40. The van der Waals surface area contributed by atoms with E-state index in [2.05, 4.69) is 51.9 Å². The fourth-order valence-corrected chi connectivity index (χ4v) is 4.73. The molecule has 0 aromatic carbocycles. The first-order valence-corrected chi connectivity index (χ1v) is 10.8. The summed E-state index contributed by atoms with van der Waals surface area (Å²) in [5.74, 6) is 0.771. The largest absolute Gasteiger partial charge is 0.309 e. The molecule has 2 aliphatic heterocycles. The van der Waals surface area contributed by atoms with Crippen molar-refractivity contribution in [3.8, 4) is 0 Å². The lowest BCUT2D eigenvalue weighted by Crippen LogP contribution is -2.20. The van der Waals surface area contributed by atoms with E-state index in [0.717, 1.165) is 15.1 Å². The van der Waals surface area contributed by atoms with Crippen LogP contribution in [0, 0.1) is 0 Å². The minimum atomic E-state index is -1.15. The van der Waals surface area contributed by atoms with Crippen molar-refractivity contribution in [3.05, 3.63) is 44.9 Å². The van der Waals surface area contributed by atoms with Crippen LogP contribution < -0.4 is 10.0 Å². The SMILES string of the molecule is O=Cc1nc2c(cc1Br)SCC(=O)N2.O=S1NC=Cc2ncc(Br)cc21. The summed E-state index contributed by atoms with van der Waals surface area (Å²) in [5, 5.41) is 2.61. The average Bonchev–Trinajstić information content (AvgIpc) is 2.63. The molecule has 2 aromatic rings. The average molecular weight is 518 g/mol. The lowest BCUT2D eigenvalue weighted by molar-refractivity contribution is -0.113. The summed E-state index contributed by atoms with van der Waals surface area (Å²) in [4.78, 5) is 31.3. The number of hydrogen-bond donors (Lipinski definition) is 2. The normalized spacial score (nSPS) is 17.0. The zero-order valence-electron chi connectivity index (χ0n) is 12.9. The molecule has 134 valence electrons. The number of amides is 1. The molecule has 0 spiro atoms. The van der Waals surface area contributed by atoms with Crippen LogP contribution in [0.1, 0.15) is 16.2 Å². The number of halogens is 2. The number of nitrogens with one attached hydrogen (secondary N) is 2. The maximum atomic E-state index is 11.3. The number of rotatable bonds is 1. The van der Waals surface area contributed by atoms with Gasteiger partial charge in [-0.05, 0) is 50.1 Å². The first-order valence-electron chi connectivity index (χ1n) is 7.06. The summed E-state index contributed by atoms with van der Waals surface area (Å²) in [6, 6.07) is 3.59. The van der Waals surface area contributed by atoms with Gasteiger partial charge in [0.25, 0.3) is 0 Å². The quantitative estimate of drug-likeness (QED) is 0.563. The Morgan fingerprint density at radius 3 is 2.88 bits per heavy atom. The molecule has 7 nitrogen and oxygen atoms in total. The molecule has 2 aliphatic rings. The molecule has 1 amide bonds. The van der Waals surface area contributed by atoms with Gasteiger partial charge in [-0.25, -0.2) is 9.19 Å². The summed E-state index contributed by atoms with van der Waals surface area (Å²) in [5.41, 5.74) is 1.06. The van der Waals surface area contributed by atoms with Gasteiger partial charge in [0.1, 0.15) is 11.5 Å². The molecule has 2 aromatic heterocycles. The predicted octanol–water partition coefficient (Wildman–Crippen LogP) is 3.14. The van der Waals surface area contributed by atoms with Gasteiger partial charge in [0.15, 0.2) is 17.3 Å². The van der Waals surface area contributed by atoms with Crippen LogP contribution in [0.5, 0.6) is 0 Å². The second-order valence-electron chi connectivity index (χ2n) is 4.91. The van der Waals surface area contributed by atoms with Crippen LogP contribution in [0.15, 0.2) is 43.3 Å². The molecule has 4 heterocycles. The van der Waals surface area contributed by atoms with Gasteiger partial charge in [0, 0.05) is 21.3 Å². The number of carbonyl (C=O) groups excluding carboxylic acids is 2. The van der Waals surface area contributed by atoms with Crippen molar-refractivity contribution in [2.24, 2.45) is 0 Å². The highest BCUT2D eigenvalue weighted by Gasteiger charge is 2.18. The van der Waals surface area contributed by atoms with Crippen LogP contribution in [0.4, 0.5) is 5.82 Å². The fourth-order valence-electron chi connectivity index (χ4n) is 2.02. The third-order valence-corrected chi connectivity index (χ3v) is 6.33. The second-order valence-corrected chi connectivity index (χ2v) is 8.91. The molecule has 11 heteroatoms. The van der Waals surface area contributed by atoms with E-state index >= 15 is 0 Å². The van der Waals surface area contributed by atoms with Gasteiger partial charge in [-0.3, -0.25) is 14.6 Å². The van der Waals surface area contributed by atoms with Crippen LogP contribution in [0.3, 0.4) is 0 Å². The maximum absolute atomic E-state index is 11.3. The summed E-state index contributed by atoms with van der Waals surface area (Å²) < 4.78 is 15.5. The molecule has 0 radical (unpaired) electrons. The standard InChI is InChI=1S/C8H5BrN2O2S.C7H5BrN2OS/c9-4-1-6-8(10-5(4)2-12)11-7(13)3-14-6;8-5-3-7-6(9-4-5)1-2-10-12(7)11/h1-2H,3H2,(H,10,11,13);1-4,10H. The fraction of sp³-hybridized carbons (Fsp3) is 0.0667. The van der Waals surface area contributed by atoms with Gasteiger partial charge < -0.3 is 10.0 Å². The predicted molar refractivity (Wildman–Crippen MR) is 107 cm³/mol. The molecule has 26 heavy (non-hydrogen) atoms. The summed E-state index contributed by atoms with van der Waals surface area (Å²) in [7, 11) is -1.15. The molecule has 0 saturated heterocycles. The highest BCUT2D eigenvalue weighted by molar-refractivity contribution is 9.10. The van der Waals surface area contributed by atoms with Gasteiger partial charge in [-0.15, -0.1) is 11.8 Å². The molecule has 1 unspecified atom stereocenters. The van der Waals surface area contributed by atoms with Crippen molar-refractivity contribution >= 4 is 78.7 Å². The van der Waals surface area contributed by atoms with E-state index in [1.807, 2.05) is 0 Å². The number of aldehydes is 1. The summed E-state index contributed by atoms with van der Waals surface area (Å²) in [6.07, 6.45) is 5.77. The minimum Gasteiger partial charge on any atom is -0.309 e. The molecule has 0 saturated carbocycles. The number of thioether (sulfide) groups is 1. The van der Waals surface area contributed by atoms with E-state index in [0.29, 0.717) is 32.9 Å². The Bertz CT molecular complexity index is 953. The zero-order valence-corrected chi connectivity index (χ0v) is 17.7. The van der Waals surface area contributed by atoms with Crippen molar-refractivity contribution in [1.82, 2.24) is 14.7 Å². The van der Waals surface area contributed by atoms with E-state index in [-0.39, 0.29) is 5.91 Å². The molecule has 2 N–H and O–H groups in total. The molecule has 0 bridgehead atoms. The first-order chi connectivity index (χ1) is 12.5. The van der Waals surface area contributed by atoms with Gasteiger partial charge in [-0.2, -0.15) is 0 Å². The van der Waals surface area contributed by atoms with E-state index in [1.54, 1.807) is 30.6 Å². The Labute approximate surface area is 172 Å². The number of fused-ring (bicyclic) bond motifs is 2. The molecular formula is C15H10Br2N4O3S2. The number of pyridine rings is 2. The highest BCUT2D eigenvalue weighted by atomic mass is 79.9. The van der Waals surface area contributed by atoms with Crippen molar-refractivity contribution < 1.29 is 13.8 Å². The maximum Gasteiger partial charge on any atom is 0.235 e. The van der Waals surface area contributed by atoms with E-state index < -0.39 is 11.0 Å². The Balaban J connectivity index is 0.000000152. The number of carbonyl (C=O) groups is 2. The zero-order chi connectivity index (χ0) is 18.7. The Morgan fingerprint density at radius 2 is 2.12 bits per heavy atom. The van der Waals surface area contributed by atoms with E-state index in [4.69, 9.17) is 0 Å². The smallest absolute Gasteiger partial charge is 0.235 e. The molecule has 4 rings (SSSR count). The van der Waals surface area contributed by atoms with Gasteiger partial charge >= 0.3 is 0 Å². The minimum absolute atomic E-state index is 0.0887. The Morgan fingerprint density at radius 1 is 1.31 bits per heavy atom. The number of hydrogen-bond acceptors (Lipinski definition) is 6. The number of aromatic nitrogens is 2. The number of anilines is 1. The van der Waals surface area contributed by atoms with Crippen LogP contribution >= 0.6 is 43.6 Å². The van der Waals surface area contributed by atoms with Crippen molar-refractivity contribution in [1.29, 1.82) is 0 Å². The van der Waals surface area contributed by atoms with Crippen LogP contribution in [0.2, 0.25) is 0 Å². The van der Waals surface area contributed by atoms with Crippen molar-refractivity contribution in [3.63, 3.8) is 0 Å². The molecule has 1 atom stereocenters. The Hall–Kier alpha value is -1.56. The third-order valence-electron chi connectivity index (χ3n) is 3.16. The van der Waals surface area contributed by atoms with E-state index in [1.165, 1.54) is 11.8 Å². The molecular weight excluding hydrogens is 508 g/mol. The summed E-state index contributed by atoms with van der Waals surface area (Å²) >= 11 is 7.91. The lowest BCUT2D eigenvalue weighted by Gasteiger charge is -2.15. The monoisotopic (exact) mass is 516 g/mol. The molecule has 0 fully saturated rings. The van der Waals surface area contributed by atoms with Gasteiger partial charge in [-0.1, -0.05) is 0 Å². The van der Waals surface area contributed by atoms with Crippen LogP contribution in [-0.2, 0) is 15.8 Å². The van der Waals surface area contributed by atoms with Crippen LogP contribution in [0.25, 0.3) is 6.08 Å². The van der Waals surface area contributed by atoms with Crippen molar-refractivity contribution in [2.75, 3.05) is 11.1 Å². The van der Waals surface area contributed by atoms with Gasteiger partial charge in [0.2, 0.25) is 5.91 Å². The van der Waals surface area contributed by atoms with Crippen LogP contribution in [-0.4, -0.2) is 32.1 Å². The van der Waals surface area contributed by atoms with Crippen molar-refractivity contribution in [2.45, 2.75) is 9.79 Å². The second kappa shape index (κ2) is 8.42. The van der Waals surface area contributed by atoms with E-state index in [9.17, 15) is 13.8 Å². The first kappa shape index (κ1) is 19.2. The highest BCUT2D eigenvalue weighted by Crippen LogP contribution is 2.32. The molecule has 0 aliphatic carbocycles. The lowest BCUT2D eigenvalue weighted by atomic mass is 10.3. The Kier molecular flexibility index (Phi) is 6.22.